The highest BCUT2D eigenvalue weighted by molar-refractivity contribution is 7.99. The SMILES string of the molecule is [N-]=[N+]=Nc1ccccc1[C@H]1OC(c2ccc(OCCCO)cc2)=N[C@@]1(C/C=C/c1ccccc1)C(=O)NCc1ccccc1Sc1ccccc1. The summed E-state index contributed by atoms with van der Waals surface area (Å²) in [6.07, 6.45) is 3.68. The Hall–Kier alpha value is -5.80. The van der Waals surface area contributed by atoms with Crippen LogP contribution in [0.4, 0.5) is 5.69 Å². The summed E-state index contributed by atoms with van der Waals surface area (Å²) in [4.78, 5) is 25.1. The molecule has 0 radical (unpaired) electrons. The van der Waals surface area contributed by atoms with E-state index in [1.54, 1.807) is 42.1 Å². The number of hydrogen-bond acceptors (Lipinski definition) is 7. The first kappa shape index (κ1) is 35.0. The molecule has 0 fully saturated rings. The van der Waals surface area contributed by atoms with Gasteiger partial charge in [0.05, 0.1) is 6.61 Å². The van der Waals surface area contributed by atoms with Gasteiger partial charge in [-0.1, -0.05) is 120 Å². The maximum Gasteiger partial charge on any atom is 0.252 e. The standard InChI is InChI=1S/C41H37N5O4S/c42-46-45-36-20-9-8-19-35(36)38-41(26-11-15-30-13-3-1-4-14-30,44-39(50-38)31-22-24-33(25-23-31)49-28-12-27-47)40(48)43-29-32-16-7-10-21-37(32)51-34-17-5-2-6-18-34/h1-11,13-25,38,47H,12,26-29H2,(H,43,48)/b15-11+/t38-,41-/m1/s1. The molecule has 0 aromatic heterocycles. The molecule has 51 heavy (non-hydrogen) atoms. The molecule has 0 unspecified atom stereocenters. The maximum atomic E-state index is 14.8. The number of benzene rings is 5. The minimum atomic E-state index is -1.47. The first-order valence-corrected chi connectivity index (χ1v) is 17.5. The number of nitrogens with one attached hydrogen (secondary N) is 1. The van der Waals surface area contributed by atoms with Crippen molar-refractivity contribution < 1.29 is 19.4 Å². The van der Waals surface area contributed by atoms with Crippen molar-refractivity contribution in [2.45, 2.75) is 40.8 Å². The van der Waals surface area contributed by atoms with E-state index >= 15 is 0 Å². The third-order valence-corrected chi connectivity index (χ3v) is 9.45. The van der Waals surface area contributed by atoms with E-state index in [1.165, 1.54) is 0 Å². The Morgan fingerprint density at radius 3 is 2.41 bits per heavy atom. The number of aliphatic hydroxyl groups excluding tert-OH is 1. The number of carbonyl (C=O) groups excluding carboxylic acids is 1. The molecule has 2 atom stereocenters. The van der Waals surface area contributed by atoms with Gasteiger partial charge in [-0.15, -0.1) is 0 Å². The summed E-state index contributed by atoms with van der Waals surface area (Å²) in [6.45, 7) is 0.686. The second-order valence-electron chi connectivity index (χ2n) is 11.8. The van der Waals surface area contributed by atoms with Crippen molar-refractivity contribution >= 4 is 35.3 Å². The molecule has 5 aromatic carbocycles. The summed E-state index contributed by atoms with van der Waals surface area (Å²) in [7, 11) is 0. The maximum absolute atomic E-state index is 14.8. The zero-order chi connectivity index (χ0) is 35.3. The van der Waals surface area contributed by atoms with Crippen molar-refractivity contribution in [2.24, 2.45) is 10.1 Å². The van der Waals surface area contributed by atoms with Crippen LogP contribution in [0.1, 0.15) is 41.2 Å². The number of amides is 1. The van der Waals surface area contributed by atoms with Gasteiger partial charge in [0.1, 0.15) is 5.75 Å². The van der Waals surface area contributed by atoms with Gasteiger partial charge in [0.2, 0.25) is 5.90 Å². The van der Waals surface area contributed by atoms with Gasteiger partial charge < -0.3 is 19.9 Å². The van der Waals surface area contributed by atoms with E-state index in [2.05, 4.69) is 27.5 Å². The summed E-state index contributed by atoms with van der Waals surface area (Å²) >= 11 is 1.63. The minimum absolute atomic E-state index is 0.0434. The van der Waals surface area contributed by atoms with E-state index in [0.29, 0.717) is 35.6 Å². The van der Waals surface area contributed by atoms with Crippen molar-refractivity contribution in [2.75, 3.05) is 13.2 Å². The monoisotopic (exact) mass is 695 g/mol. The van der Waals surface area contributed by atoms with Gasteiger partial charge >= 0.3 is 0 Å². The highest BCUT2D eigenvalue weighted by Gasteiger charge is 2.53. The van der Waals surface area contributed by atoms with Crippen LogP contribution in [-0.2, 0) is 16.1 Å². The van der Waals surface area contributed by atoms with Crippen molar-refractivity contribution in [3.05, 3.63) is 172 Å². The topological polar surface area (TPSA) is 129 Å². The largest absolute Gasteiger partial charge is 0.494 e. The predicted molar refractivity (Wildman–Crippen MR) is 201 cm³/mol. The van der Waals surface area contributed by atoms with Crippen LogP contribution < -0.4 is 10.1 Å². The van der Waals surface area contributed by atoms with Crippen LogP contribution in [0.15, 0.2) is 159 Å². The fourth-order valence-corrected chi connectivity index (χ4v) is 6.74. The fraction of sp³-hybridized carbons (Fsp3) is 0.171. The Kier molecular flexibility index (Phi) is 11.8. The minimum Gasteiger partial charge on any atom is -0.494 e. The normalized spacial score (nSPS) is 16.6. The van der Waals surface area contributed by atoms with Crippen molar-refractivity contribution in [3.63, 3.8) is 0 Å². The average molecular weight is 696 g/mol. The molecule has 2 N–H and O–H groups in total. The van der Waals surface area contributed by atoms with E-state index in [9.17, 15) is 10.3 Å². The average Bonchev–Trinajstić information content (AvgIpc) is 3.56. The van der Waals surface area contributed by atoms with E-state index in [-0.39, 0.29) is 31.4 Å². The Balaban J connectivity index is 1.39. The van der Waals surface area contributed by atoms with Crippen LogP contribution in [0.3, 0.4) is 0 Å². The molecular weight excluding hydrogens is 659 g/mol. The summed E-state index contributed by atoms with van der Waals surface area (Å²) in [5, 5.41) is 16.3. The summed E-state index contributed by atoms with van der Waals surface area (Å²) in [6, 6.07) is 42.3. The molecule has 5 aromatic rings. The number of carbonyl (C=O) groups is 1. The third-order valence-electron chi connectivity index (χ3n) is 8.32. The number of rotatable bonds is 15. The summed E-state index contributed by atoms with van der Waals surface area (Å²) in [5.74, 6) is 0.582. The van der Waals surface area contributed by atoms with Crippen LogP contribution in [0.25, 0.3) is 16.5 Å². The Bertz CT molecular complexity index is 2030. The summed E-state index contributed by atoms with van der Waals surface area (Å²) in [5.41, 5.74) is 11.5. The first-order chi connectivity index (χ1) is 25.1. The van der Waals surface area contributed by atoms with E-state index in [0.717, 1.165) is 20.9 Å². The van der Waals surface area contributed by atoms with Crippen molar-refractivity contribution in [1.29, 1.82) is 0 Å². The van der Waals surface area contributed by atoms with Gasteiger partial charge in [0.25, 0.3) is 5.91 Å². The lowest BCUT2D eigenvalue weighted by Gasteiger charge is -2.30. The van der Waals surface area contributed by atoms with Crippen LogP contribution >= 0.6 is 11.8 Å². The lowest BCUT2D eigenvalue weighted by molar-refractivity contribution is -0.129. The fourth-order valence-electron chi connectivity index (χ4n) is 5.77. The van der Waals surface area contributed by atoms with Crippen LogP contribution in [0.2, 0.25) is 0 Å². The highest BCUT2D eigenvalue weighted by atomic mass is 32.2. The molecule has 1 amide bonds. The molecule has 0 aliphatic carbocycles. The molecule has 0 spiro atoms. The molecule has 256 valence electrons. The number of ether oxygens (including phenoxy) is 2. The van der Waals surface area contributed by atoms with Crippen molar-refractivity contribution in [3.8, 4) is 5.75 Å². The van der Waals surface area contributed by atoms with Crippen LogP contribution in [0.5, 0.6) is 5.75 Å². The van der Waals surface area contributed by atoms with Gasteiger partial charge in [0.15, 0.2) is 11.6 Å². The molecule has 0 saturated carbocycles. The quantitative estimate of drug-likeness (QED) is 0.0488. The molecule has 0 bridgehead atoms. The van der Waals surface area contributed by atoms with Gasteiger partial charge in [-0.3, -0.25) is 4.79 Å². The number of aliphatic hydroxyl groups is 1. The molecule has 1 aliphatic rings. The first-order valence-electron chi connectivity index (χ1n) is 16.6. The molecule has 1 heterocycles. The zero-order valence-corrected chi connectivity index (χ0v) is 28.7. The van der Waals surface area contributed by atoms with Crippen molar-refractivity contribution in [1.82, 2.24) is 5.32 Å². The third kappa shape index (κ3) is 8.69. The molecule has 1 aliphatic heterocycles. The molecule has 10 heteroatoms. The van der Waals surface area contributed by atoms with Gasteiger partial charge in [-0.2, -0.15) is 0 Å². The Labute approximate surface area is 301 Å². The summed E-state index contributed by atoms with van der Waals surface area (Å²) < 4.78 is 12.4. The second-order valence-corrected chi connectivity index (χ2v) is 12.9. The van der Waals surface area contributed by atoms with E-state index in [1.807, 2.05) is 103 Å². The van der Waals surface area contributed by atoms with E-state index < -0.39 is 11.6 Å². The van der Waals surface area contributed by atoms with E-state index in [4.69, 9.17) is 19.6 Å². The number of azide groups is 1. The van der Waals surface area contributed by atoms with Gasteiger partial charge in [-0.25, -0.2) is 4.99 Å². The molecule has 0 saturated heterocycles. The molecule has 9 nitrogen and oxygen atoms in total. The Morgan fingerprint density at radius 1 is 0.941 bits per heavy atom. The molecule has 6 rings (SSSR count). The lowest BCUT2D eigenvalue weighted by Crippen LogP contribution is -2.47. The van der Waals surface area contributed by atoms with Gasteiger partial charge in [-0.05, 0) is 59.1 Å². The van der Waals surface area contributed by atoms with Crippen LogP contribution in [0, 0.1) is 0 Å². The Morgan fingerprint density at radius 2 is 1.65 bits per heavy atom. The smallest absolute Gasteiger partial charge is 0.252 e. The zero-order valence-electron chi connectivity index (χ0n) is 27.8. The second kappa shape index (κ2) is 17.2. The number of nitrogens with zero attached hydrogens (tertiary/aromatic N) is 4. The van der Waals surface area contributed by atoms with Gasteiger partial charge in [0, 0.05) is 57.5 Å². The highest BCUT2D eigenvalue weighted by Crippen LogP contribution is 2.46. The number of hydrogen-bond donors (Lipinski definition) is 2. The lowest BCUT2D eigenvalue weighted by atomic mass is 9.83. The molecular formula is C41H37N5O4S. The predicted octanol–water partition coefficient (Wildman–Crippen LogP) is 9.22. The van der Waals surface area contributed by atoms with Crippen LogP contribution in [-0.4, -0.2) is 35.7 Å². The number of aliphatic imine (C=N–C) groups is 1.